The van der Waals surface area contributed by atoms with Crippen molar-refractivity contribution in [3.63, 3.8) is 0 Å². The number of sulfonamides is 2. The summed E-state index contributed by atoms with van der Waals surface area (Å²) < 4.78 is 65.1. The molecule has 40 heavy (non-hydrogen) atoms. The fourth-order valence-electron chi connectivity index (χ4n) is 5.12. The van der Waals surface area contributed by atoms with E-state index < -0.39 is 26.1 Å². The Bertz CT molecular complexity index is 1580. The quantitative estimate of drug-likeness (QED) is 0.385. The third kappa shape index (κ3) is 5.78. The van der Waals surface area contributed by atoms with Crippen molar-refractivity contribution in [3.8, 4) is 5.75 Å². The number of hydrogen-bond donors (Lipinski definition) is 1. The van der Waals surface area contributed by atoms with Gasteiger partial charge >= 0.3 is 0 Å². The van der Waals surface area contributed by atoms with E-state index in [9.17, 15) is 16.8 Å². The molecule has 3 aromatic rings. The predicted octanol–water partition coefficient (Wildman–Crippen LogP) is 5.70. The van der Waals surface area contributed by atoms with E-state index in [2.05, 4.69) is 4.72 Å². The maximum Gasteiger partial charge on any atom is 0.264 e. The molecule has 3 aromatic carbocycles. The molecule has 9 heteroatoms. The molecule has 0 unspecified atom stereocenters. The summed E-state index contributed by atoms with van der Waals surface area (Å²) in [6.45, 7) is 14.0. The standard InChI is InChI=1S/C31H40N2O5S2/c1-21-13-15-24(16-14-21)39(34,35)32-20-23-17-22-11-9-10-12-28(22)33(23)40(36,37)25-18-26(30(2,3)4)29(38-8)27(19-25)31(5,6)7/h9-16,18-19,23,32H,17,20H2,1-8H3/t23-/m0/s1. The Morgan fingerprint density at radius 3 is 1.93 bits per heavy atom. The molecule has 1 aliphatic heterocycles. The molecule has 0 fully saturated rings. The minimum absolute atomic E-state index is 0.0709. The summed E-state index contributed by atoms with van der Waals surface area (Å²) in [6.07, 6.45) is 0.389. The molecular formula is C31H40N2O5S2. The first kappa shape index (κ1) is 30.1. The van der Waals surface area contributed by atoms with E-state index in [1.54, 1.807) is 55.6 Å². The van der Waals surface area contributed by atoms with Crippen molar-refractivity contribution in [1.82, 2.24) is 4.72 Å². The zero-order valence-electron chi connectivity index (χ0n) is 24.6. The minimum atomic E-state index is -4.09. The van der Waals surface area contributed by atoms with Gasteiger partial charge < -0.3 is 4.74 Å². The Hall–Kier alpha value is -2.88. The molecule has 0 aromatic heterocycles. The molecule has 1 atom stereocenters. The van der Waals surface area contributed by atoms with Gasteiger partial charge in [0, 0.05) is 17.7 Å². The zero-order valence-corrected chi connectivity index (χ0v) is 26.2. The molecule has 0 saturated carbocycles. The Balaban J connectivity index is 1.81. The Morgan fingerprint density at radius 1 is 0.850 bits per heavy atom. The number of fused-ring (bicyclic) bond motifs is 1. The van der Waals surface area contributed by atoms with Gasteiger partial charge in [0.25, 0.3) is 10.0 Å². The van der Waals surface area contributed by atoms with Crippen LogP contribution in [0.3, 0.4) is 0 Å². The zero-order chi connectivity index (χ0) is 29.7. The normalized spacial score (nSPS) is 16.2. The van der Waals surface area contributed by atoms with Gasteiger partial charge in [-0.1, -0.05) is 77.4 Å². The second-order valence-electron chi connectivity index (χ2n) is 12.5. The largest absolute Gasteiger partial charge is 0.496 e. The van der Waals surface area contributed by atoms with Crippen LogP contribution in [0.4, 0.5) is 5.69 Å². The second-order valence-corrected chi connectivity index (χ2v) is 16.1. The van der Waals surface area contributed by atoms with Crippen molar-refractivity contribution in [2.45, 2.75) is 81.5 Å². The van der Waals surface area contributed by atoms with Gasteiger partial charge in [-0.15, -0.1) is 0 Å². The average molecular weight is 585 g/mol. The number of hydrogen-bond acceptors (Lipinski definition) is 5. The van der Waals surface area contributed by atoms with Gasteiger partial charge in [-0.2, -0.15) is 0 Å². The highest BCUT2D eigenvalue weighted by Gasteiger charge is 2.40. The van der Waals surface area contributed by atoms with Gasteiger partial charge in [0.1, 0.15) is 5.75 Å². The van der Waals surface area contributed by atoms with Crippen molar-refractivity contribution in [1.29, 1.82) is 0 Å². The van der Waals surface area contributed by atoms with Gasteiger partial charge in [-0.3, -0.25) is 4.31 Å². The van der Waals surface area contributed by atoms with Crippen LogP contribution in [0.2, 0.25) is 0 Å². The van der Waals surface area contributed by atoms with Crippen molar-refractivity contribution in [2.24, 2.45) is 0 Å². The summed E-state index contributed by atoms with van der Waals surface area (Å²) in [7, 11) is -6.31. The minimum Gasteiger partial charge on any atom is -0.496 e. The first-order valence-corrected chi connectivity index (χ1v) is 16.3. The summed E-state index contributed by atoms with van der Waals surface area (Å²) in [5.74, 6) is 0.683. The van der Waals surface area contributed by atoms with E-state index in [0.29, 0.717) is 17.9 Å². The lowest BCUT2D eigenvalue weighted by atomic mass is 9.79. The molecule has 0 radical (unpaired) electrons. The molecule has 0 spiro atoms. The van der Waals surface area contributed by atoms with E-state index in [4.69, 9.17) is 4.74 Å². The van der Waals surface area contributed by atoms with Crippen LogP contribution >= 0.6 is 0 Å². The maximum absolute atomic E-state index is 14.5. The van der Waals surface area contributed by atoms with Gasteiger partial charge in [0.2, 0.25) is 10.0 Å². The number of para-hydroxylation sites is 1. The smallest absolute Gasteiger partial charge is 0.264 e. The average Bonchev–Trinajstić information content (AvgIpc) is 3.25. The summed E-state index contributed by atoms with van der Waals surface area (Å²) in [5, 5.41) is 0. The molecular weight excluding hydrogens is 544 g/mol. The number of anilines is 1. The van der Waals surface area contributed by atoms with Crippen molar-refractivity contribution < 1.29 is 21.6 Å². The van der Waals surface area contributed by atoms with Crippen molar-refractivity contribution >= 4 is 25.7 Å². The third-order valence-corrected chi connectivity index (χ3v) is 10.6. The molecule has 7 nitrogen and oxygen atoms in total. The first-order valence-electron chi connectivity index (χ1n) is 13.4. The highest BCUT2D eigenvalue weighted by Crippen LogP contribution is 2.43. The van der Waals surface area contributed by atoms with Crippen molar-refractivity contribution in [3.05, 3.63) is 82.9 Å². The molecule has 0 bridgehead atoms. The summed E-state index contributed by atoms with van der Waals surface area (Å²) >= 11 is 0. The molecule has 1 heterocycles. The Morgan fingerprint density at radius 2 is 1.40 bits per heavy atom. The summed E-state index contributed by atoms with van der Waals surface area (Å²) in [4.78, 5) is 0.300. The van der Waals surface area contributed by atoms with Crippen molar-refractivity contribution in [2.75, 3.05) is 18.0 Å². The number of benzene rings is 3. The van der Waals surface area contributed by atoms with Crippen LogP contribution in [0.25, 0.3) is 0 Å². The van der Waals surface area contributed by atoms with Gasteiger partial charge in [-0.25, -0.2) is 21.6 Å². The molecule has 0 aliphatic carbocycles. The van der Waals surface area contributed by atoms with E-state index in [1.165, 1.54) is 4.31 Å². The lowest BCUT2D eigenvalue weighted by molar-refractivity contribution is 0.380. The van der Waals surface area contributed by atoms with E-state index in [0.717, 1.165) is 22.3 Å². The topological polar surface area (TPSA) is 92.8 Å². The predicted molar refractivity (Wildman–Crippen MR) is 160 cm³/mol. The molecule has 4 rings (SSSR count). The molecule has 0 amide bonds. The van der Waals surface area contributed by atoms with Gasteiger partial charge in [0.15, 0.2) is 0 Å². The van der Waals surface area contributed by atoms with Gasteiger partial charge in [-0.05, 0) is 60.1 Å². The summed E-state index contributed by atoms with van der Waals surface area (Å²) in [5.41, 5.74) is 3.19. The fraction of sp³-hybridized carbons (Fsp3) is 0.419. The number of nitrogens with one attached hydrogen (secondary N) is 1. The number of aryl methyl sites for hydroxylation is 1. The highest BCUT2D eigenvalue weighted by atomic mass is 32.2. The van der Waals surface area contributed by atoms with E-state index >= 15 is 0 Å². The van der Waals surface area contributed by atoms with Crippen LogP contribution in [0.1, 0.15) is 63.8 Å². The lowest BCUT2D eigenvalue weighted by Gasteiger charge is -2.32. The second kappa shape index (κ2) is 10.5. The summed E-state index contributed by atoms with van der Waals surface area (Å²) in [6, 6.07) is 16.7. The van der Waals surface area contributed by atoms with Crippen LogP contribution in [0.15, 0.2) is 70.5 Å². The molecule has 1 N–H and O–H groups in total. The molecule has 1 aliphatic rings. The maximum atomic E-state index is 14.5. The van der Waals surface area contributed by atoms with E-state index in [1.807, 2.05) is 60.6 Å². The van der Waals surface area contributed by atoms with Crippen LogP contribution in [-0.4, -0.2) is 36.5 Å². The molecule has 216 valence electrons. The Labute approximate surface area is 239 Å². The van der Waals surface area contributed by atoms with Crippen LogP contribution in [0.5, 0.6) is 5.75 Å². The van der Waals surface area contributed by atoms with Crippen LogP contribution < -0.4 is 13.8 Å². The monoisotopic (exact) mass is 584 g/mol. The lowest BCUT2D eigenvalue weighted by Crippen LogP contribution is -2.45. The van der Waals surface area contributed by atoms with Crippen LogP contribution in [0, 0.1) is 6.92 Å². The van der Waals surface area contributed by atoms with Crippen LogP contribution in [-0.2, 0) is 37.3 Å². The number of nitrogens with zero attached hydrogens (tertiary/aromatic N) is 1. The van der Waals surface area contributed by atoms with Gasteiger partial charge in [0.05, 0.1) is 28.6 Å². The van der Waals surface area contributed by atoms with E-state index in [-0.39, 0.29) is 27.2 Å². The SMILES string of the molecule is COc1c(C(C)(C)C)cc(S(=O)(=O)N2c3ccccc3C[C@H]2CNS(=O)(=O)c2ccc(C)cc2)cc1C(C)(C)C. The molecule has 0 saturated heterocycles. The fourth-order valence-corrected chi connectivity index (χ4v) is 7.93. The first-order chi connectivity index (χ1) is 18.5. The number of ether oxygens (including phenoxy) is 1. The number of methoxy groups -OCH3 is 1. The highest BCUT2D eigenvalue weighted by molar-refractivity contribution is 7.93. The Kier molecular flexibility index (Phi) is 7.90. The third-order valence-electron chi connectivity index (χ3n) is 7.30. The number of rotatable bonds is 7.